The number of hydrogen-bond acceptors (Lipinski definition) is 6. The van der Waals surface area contributed by atoms with Crippen LogP contribution in [0.5, 0.6) is 0 Å². The molecule has 1 atom stereocenters. The van der Waals surface area contributed by atoms with Gasteiger partial charge in [0.05, 0.1) is 0 Å². The molecule has 0 aromatic heterocycles. The second-order valence-electron chi connectivity index (χ2n) is 25.6. The van der Waals surface area contributed by atoms with Gasteiger partial charge in [0.2, 0.25) is 0 Å². The lowest BCUT2D eigenvalue weighted by Gasteiger charge is -2.18. The number of carbonyl (C=O) groups excluding carboxylic acids is 3. The summed E-state index contributed by atoms with van der Waals surface area (Å²) in [6.45, 7) is 6.68. The number of hydrogen-bond donors (Lipinski definition) is 0. The molecule has 0 aliphatic carbocycles. The summed E-state index contributed by atoms with van der Waals surface area (Å²) >= 11 is 0. The largest absolute Gasteiger partial charge is 0.462 e. The molecule has 82 heavy (non-hydrogen) atoms. The Kier molecular flexibility index (Phi) is 69.5. The van der Waals surface area contributed by atoms with E-state index >= 15 is 0 Å². The Morgan fingerprint density at radius 1 is 0.232 bits per heavy atom. The lowest BCUT2D eigenvalue weighted by molar-refractivity contribution is -0.167. The summed E-state index contributed by atoms with van der Waals surface area (Å²) < 4.78 is 17.0. The predicted octanol–water partition coefficient (Wildman–Crippen LogP) is 25.7. The Bertz CT molecular complexity index is 1320. The molecule has 0 heterocycles. The van der Waals surface area contributed by atoms with Crippen molar-refractivity contribution in [3.63, 3.8) is 0 Å². The van der Waals surface area contributed by atoms with Crippen molar-refractivity contribution < 1.29 is 28.6 Å². The van der Waals surface area contributed by atoms with E-state index in [4.69, 9.17) is 14.2 Å². The molecule has 6 heteroatoms. The van der Waals surface area contributed by atoms with Crippen LogP contribution in [0.15, 0.2) is 24.3 Å². The van der Waals surface area contributed by atoms with Gasteiger partial charge in [-0.05, 0) is 64.2 Å². The molecule has 484 valence electrons. The van der Waals surface area contributed by atoms with Crippen LogP contribution < -0.4 is 0 Å². The van der Waals surface area contributed by atoms with Crippen LogP contribution in [0.25, 0.3) is 0 Å². The summed E-state index contributed by atoms with van der Waals surface area (Å²) in [6.07, 6.45) is 88.1. The van der Waals surface area contributed by atoms with Gasteiger partial charge in [-0.2, -0.15) is 0 Å². The van der Waals surface area contributed by atoms with Crippen molar-refractivity contribution in [3.05, 3.63) is 24.3 Å². The molecular formula is C76H144O6. The van der Waals surface area contributed by atoms with Gasteiger partial charge in [0.25, 0.3) is 0 Å². The van der Waals surface area contributed by atoms with Gasteiger partial charge in [0, 0.05) is 19.3 Å². The van der Waals surface area contributed by atoms with E-state index in [1.807, 2.05) is 0 Å². The maximum atomic E-state index is 12.9. The summed E-state index contributed by atoms with van der Waals surface area (Å²) in [4.78, 5) is 38.4. The Labute approximate surface area is 513 Å². The van der Waals surface area contributed by atoms with E-state index in [0.29, 0.717) is 19.3 Å². The Balaban J connectivity index is 4.09. The molecule has 0 rings (SSSR count). The highest BCUT2D eigenvalue weighted by molar-refractivity contribution is 5.71. The van der Waals surface area contributed by atoms with Crippen molar-refractivity contribution in [1.29, 1.82) is 0 Å². The standard InChI is InChI=1S/C76H144O6/c1-4-7-10-13-16-19-22-24-26-28-30-32-34-35-36-37-38-39-40-41-42-44-45-47-49-51-54-57-60-63-66-69-75(78)81-72-73(71-80-74(77)68-65-62-59-56-53-21-18-15-12-9-6-3)82-76(79)70-67-64-61-58-55-52-50-48-46-43-33-31-29-27-25-23-20-17-14-11-8-5-2/h15,18,28,30,73H,4-14,16-17,19-27,29,31-72H2,1-3H3/b18-15-,30-28-. The van der Waals surface area contributed by atoms with Gasteiger partial charge in [-0.1, -0.05) is 366 Å². The van der Waals surface area contributed by atoms with Crippen LogP contribution in [0.3, 0.4) is 0 Å². The van der Waals surface area contributed by atoms with Crippen LogP contribution in [0.4, 0.5) is 0 Å². The number of allylic oxidation sites excluding steroid dienone is 4. The second-order valence-corrected chi connectivity index (χ2v) is 25.6. The van der Waals surface area contributed by atoms with Crippen LogP contribution in [0.1, 0.15) is 425 Å². The third kappa shape index (κ3) is 68.7. The number of unbranched alkanes of at least 4 members (excludes halogenated alkanes) is 55. The summed E-state index contributed by atoms with van der Waals surface area (Å²) in [6, 6.07) is 0. The molecule has 0 saturated carbocycles. The van der Waals surface area contributed by atoms with Crippen molar-refractivity contribution in [2.24, 2.45) is 0 Å². The summed E-state index contributed by atoms with van der Waals surface area (Å²) in [5.74, 6) is -0.844. The molecule has 6 nitrogen and oxygen atoms in total. The minimum absolute atomic E-state index is 0.0673. The van der Waals surface area contributed by atoms with E-state index in [1.165, 1.54) is 321 Å². The summed E-state index contributed by atoms with van der Waals surface area (Å²) in [5.41, 5.74) is 0. The zero-order chi connectivity index (χ0) is 59.2. The first-order valence-electron chi connectivity index (χ1n) is 37.3. The molecule has 0 fully saturated rings. The number of carbonyl (C=O) groups is 3. The van der Waals surface area contributed by atoms with Crippen LogP contribution in [-0.4, -0.2) is 37.2 Å². The van der Waals surface area contributed by atoms with E-state index in [2.05, 4.69) is 45.1 Å². The van der Waals surface area contributed by atoms with Gasteiger partial charge < -0.3 is 14.2 Å². The van der Waals surface area contributed by atoms with Gasteiger partial charge in [-0.3, -0.25) is 14.4 Å². The van der Waals surface area contributed by atoms with E-state index in [0.717, 1.165) is 64.2 Å². The van der Waals surface area contributed by atoms with Crippen molar-refractivity contribution in [2.45, 2.75) is 431 Å². The fraction of sp³-hybridized carbons (Fsp3) is 0.908. The third-order valence-corrected chi connectivity index (χ3v) is 17.2. The van der Waals surface area contributed by atoms with Gasteiger partial charge in [-0.25, -0.2) is 0 Å². The molecule has 0 spiro atoms. The van der Waals surface area contributed by atoms with E-state index in [-0.39, 0.29) is 31.1 Å². The van der Waals surface area contributed by atoms with Crippen molar-refractivity contribution >= 4 is 17.9 Å². The van der Waals surface area contributed by atoms with Crippen molar-refractivity contribution in [2.75, 3.05) is 13.2 Å². The smallest absolute Gasteiger partial charge is 0.306 e. The monoisotopic (exact) mass is 1150 g/mol. The van der Waals surface area contributed by atoms with Gasteiger partial charge in [-0.15, -0.1) is 0 Å². The SMILES string of the molecule is CCCC/C=C\CCCCCCCC(=O)OCC(COC(=O)CCCCCCCCCCCCCCCCCCCCC/C=C\CCCCCCCCCC)OC(=O)CCCCCCCCCCCCCCCCCCCCCCCC. The summed E-state index contributed by atoms with van der Waals surface area (Å²) in [5, 5.41) is 0. The third-order valence-electron chi connectivity index (χ3n) is 17.2. The first-order chi connectivity index (χ1) is 40.5. The molecule has 0 aliphatic heterocycles. The number of rotatable bonds is 70. The molecule has 0 saturated heterocycles. The first kappa shape index (κ1) is 79.9. The predicted molar refractivity (Wildman–Crippen MR) is 358 cm³/mol. The van der Waals surface area contributed by atoms with Crippen LogP contribution in [0.2, 0.25) is 0 Å². The molecule has 0 aromatic rings. The van der Waals surface area contributed by atoms with Crippen molar-refractivity contribution in [3.8, 4) is 0 Å². The fourth-order valence-corrected chi connectivity index (χ4v) is 11.5. The van der Waals surface area contributed by atoms with E-state index in [1.54, 1.807) is 0 Å². The molecule has 0 aromatic carbocycles. The van der Waals surface area contributed by atoms with Gasteiger partial charge >= 0.3 is 17.9 Å². The molecule has 0 radical (unpaired) electrons. The molecule has 0 bridgehead atoms. The topological polar surface area (TPSA) is 78.9 Å². The fourth-order valence-electron chi connectivity index (χ4n) is 11.5. The van der Waals surface area contributed by atoms with Gasteiger partial charge in [0.1, 0.15) is 13.2 Å². The summed E-state index contributed by atoms with van der Waals surface area (Å²) in [7, 11) is 0. The highest BCUT2D eigenvalue weighted by Gasteiger charge is 2.20. The lowest BCUT2D eigenvalue weighted by atomic mass is 10.0. The van der Waals surface area contributed by atoms with Crippen LogP contribution in [-0.2, 0) is 28.6 Å². The zero-order valence-electron chi connectivity index (χ0n) is 55.8. The highest BCUT2D eigenvalue weighted by Crippen LogP contribution is 2.19. The second kappa shape index (κ2) is 71.4. The number of ether oxygens (including phenoxy) is 3. The molecular weight excluding hydrogens is 1010 g/mol. The maximum absolute atomic E-state index is 12.9. The molecule has 0 amide bonds. The quantitative estimate of drug-likeness (QED) is 0.0261. The average Bonchev–Trinajstić information content (AvgIpc) is 3.48. The normalized spacial score (nSPS) is 12.1. The van der Waals surface area contributed by atoms with Crippen molar-refractivity contribution in [1.82, 2.24) is 0 Å². The Morgan fingerprint density at radius 2 is 0.415 bits per heavy atom. The van der Waals surface area contributed by atoms with E-state index in [9.17, 15) is 14.4 Å². The Morgan fingerprint density at radius 3 is 0.646 bits per heavy atom. The van der Waals surface area contributed by atoms with Crippen LogP contribution >= 0.6 is 0 Å². The minimum atomic E-state index is -0.771. The lowest BCUT2D eigenvalue weighted by Crippen LogP contribution is -2.30. The van der Waals surface area contributed by atoms with Crippen LogP contribution in [0, 0.1) is 0 Å². The molecule has 1 unspecified atom stereocenters. The minimum Gasteiger partial charge on any atom is -0.462 e. The molecule has 0 N–H and O–H groups in total. The van der Waals surface area contributed by atoms with Gasteiger partial charge in [0.15, 0.2) is 6.10 Å². The highest BCUT2D eigenvalue weighted by atomic mass is 16.6. The first-order valence-corrected chi connectivity index (χ1v) is 37.3. The maximum Gasteiger partial charge on any atom is 0.306 e. The average molecular weight is 1150 g/mol. The number of esters is 3. The molecule has 0 aliphatic rings. The Hall–Kier alpha value is -2.11. The van der Waals surface area contributed by atoms with E-state index < -0.39 is 6.10 Å². The zero-order valence-corrected chi connectivity index (χ0v) is 55.8.